The van der Waals surface area contributed by atoms with Crippen LogP contribution in [0.15, 0.2) is 97.2 Å². The van der Waals surface area contributed by atoms with Crippen LogP contribution in [0, 0.1) is 12.7 Å². The van der Waals surface area contributed by atoms with Crippen molar-refractivity contribution in [3.05, 3.63) is 131 Å². The van der Waals surface area contributed by atoms with Gasteiger partial charge in [0.1, 0.15) is 11.6 Å². The van der Waals surface area contributed by atoms with Gasteiger partial charge in [0.2, 0.25) is 0 Å². The Labute approximate surface area is 218 Å². The Morgan fingerprint density at radius 3 is 2.57 bits per heavy atom. The molecule has 37 heavy (non-hydrogen) atoms. The number of hydrogen-bond acceptors (Lipinski definition) is 2. The summed E-state index contributed by atoms with van der Waals surface area (Å²) in [7, 11) is 0. The molecular weight excluding hydrogens is 489 g/mol. The summed E-state index contributed by atoms with van der Waals surface area (Å²) in [6.07, 6.45) is 1.95. The third kappa shape index (κ3) is 4.07. The van der Waals surface area contributed by atoms with E-state index in [1.807, 2.05) is 77.0 Å². The van der Waals surface area contributed by atoms with E-state index in [-0.39, 0.29) is 18.4 Å². The Bertz CT molecular complexity index is 1610. The van der Waals surface area contributed by atoms with Crippen molar-refractivity contribution in [1.29, 1.82) is 0 Å². The van der Waals surface area contributed by atoms with E-state index in [0.717, 1.165) is 28.5 Å². The van der Waals surface area contributed by atoms with Gasteiger partial charge in [-0.15, -0.1) is 0 Å². The number of aryl methyl sites for hydroxylation is 1. The number of para-hydroxylation sites is 2. The molecule has 1 atom stereocenters. The van der Waals surface area contributed by atoms with Gasteiger partial charge in [-0.1, -0.05) is 54.1 Å². The van der Waals surface area contributed by atoms with E-state index in [1.54, 1.807) is 29.2 Å². The van der Waals surface area contributed by atoms with Crippen LogP contribution in [0.1, 0.15) is 28.6 Å². The van der Waals surface area contributed by atoms with E-state index < -0.39 is 6.04 Å². The number of hydrogen-bond donors (Lipinski definition) is 1. The van der Waals surface area contributed by atoms with Gasteiger partial charge in [-0.3, -0.25) is 0 Å². The van der Waals surface area contributed by atoms with Crippen molar-refractivity contribution in [2.45, 2.75) is 19.5 Å². The first-order chi connectivity index (χ1) is 18.0. The highest BCUT2D eigenvalue weighted by Crippen LogP contribution is 2.39. The Morgan fingerprint density at radius 1 is 1.00 bits per heavy atom. The number of rotatable bonds is 3. The molecule has 1 N–H and O–H groups in total. The average Bonchev–Trinajstić information content (AvgIpc) is 3.46. The summed E-state index contributed by atoms with van der Waals surface area (Å²) in [5.74, 6) is 0.480. The number of nitrogens with one attached hydrogen (secondary N) is 1. The van der Waals surface area contributed by atoms with Crippen molar-refractivity contribution >= 4 is 23.3 Å². The van der Waals surface area contributed by atoms with E-state index in [2.05, 4.69) is 5.32 Å². The van der Waals surface area contributed by atoms with Crippen LogP contribution in [-0.2, 0) is 6.54 Å². The molecule has 0 radical (unpaired) electrons. The molecule has 0 saturated carbocycles. The zero-order chi connectivity index (χ0) is 25.5. The van der Waals surface area contributed by atoms with Crippen molar-refractivity contribution in [2.75, 3.05) is 5.32 Å². The molecule has 2 amide bonds. The van der Waals surface area contributed by atoms with E-state index in [0.29, 0.717) is 16.3 Å². The lowest BCUT2D eigenvalue weighted by Crippen LogP contribution is -2.38. The number of anilines is 1. The van der Waals surface area contributed by atoms with Crippen molar-refractivity contribution in [3.63, 3.8) is 0 Å². The minimum Gasteiger partial charge on any atom is -0.307 e. The topological polar surface area (TPSA) is 55.1 Å². The van der Waals surface area contributed by atoms with Crippen LogP contribution in [0.2, 0.25) is 5.02 Å². The molecule has 0 fully saturated rings. The van der Waals surface area contributed by atoms with Gasteiger partial charge in [-0.05, 0) is 61.0 Å². The lowest BCUT2D eigenvalue weighted by atomic mass is 10.0. The first-order valence-electron chi connectivity index (χ1n) is 11.9. The predicted octanol–water partition coefficient (Wildman–Crippen LogP) is 6.90. The maximum absolute atomic E-state index is 14.4. The maximum atomic E-state index is 14.4. The molecule has 6 rings (SSSR count). The van der Waals surface area contributed by atoms with Gasteiger partial charge in [0.15, 0.2) is 0 Å². The fourth-order valence-electron chi connectivity index (χ4n) is 4.93. The summed E-state index contributed by atoms with van der Waals surface area (Å²) in [4.78, 5) is 15.6. The van der Waals surface area contributed by atoms with E-state index >= 15 is 0 Å². The summed E-state index contributed by atoms with van der Waals surface area (Å²) < 4.78 is 18.4. The first kappa shape index (κ1) is 23.1. The second-order valence-corrected chi connectivity index (χ2v) is 9.34. The molecule has 6 nitrogen and oxygen atoms in total. The number of carbonyl (C=O) groups excluding carboxylic acids is 1. The van der Waals surface area contributed by atoms with Crippen LogP contribution < -0.4 is 5.32 Å². The normalized spacial score (nSPS) is 14.6. The Balaban J connectivity index is 1.55. The van der Waals surface area contributed by atoms with Crippen LogP contribution in [0.3, 0.4) is 0 Å². The van der Waals surface area contributed by atoms with Gasteiger partial charge in [0.25, 0.3) is 0 Å². The van der Waals surface area contributed by atoms with Gasteiger partial charge in [-0.2, -0.15) is 5.10 Å². The SMILES string of the molecule is Cc1nn(-c2ccccc2)c2c1CN(C(=O)Nc1ccccc1Cl)[C@H](c1cccc(F)c1)c1cccn1-2. The molecule has 3 aromatic carbocycles. The number of benzene rings is 3. The number of nitrogens with zero attached hydrogens (tertiary/aromatic N) is 4. The number of amides is 2. The van der Waals surface area contributed by atoms with E-state index in [4.69, 9.17) is 16.7 Å². The largest absolute Gasteiger partial charge is 0.323 e. The van der Waals surface area contributed by atoms with E-state index in [9.17, 15) is 9.18 Å². The molecule has 0 saturated heterocycles. The van der Waals surface area contributed by atoms with Crippen molar-refractivity contribution < 1.29 is 9.18 Å². The fraction of sp³-hybridized carbons (Fsp3) is 0.103. The molecule has 0 aliphatic carbocycles. The van der Waals surface area contributed by atoms with Crippen molar-refractivity contribution in [3.8, 4) is 11.5 Å². The lowest BCUT2D eigenvalue weighted by Gasteiger charge is -2.31. The summed E-state index contributed by atoms with van der Waals surface area (Å²) in [6.45, 7) is 2.20. The lowest BCUT2D eigenvalue weighted by molar-refractivity contribution is 0.194. The van der Waals surface area contributed by atoms with Crippen LogP contribution >= 0.6 is 11.6 Å². The molecule has 3 heterocycles. The molecule has 184 valence electrons. The molecule has 1 aliphatic heterocycles. The standard InChI is InChI=1S/C29H23ClFN5O/c1-19-23-18-35(29(37)32-25-14-6-5-13-24(25)30)27(20-9-7-10-21(31)17-20)26-15-8-16-34(26)28(23)36(33-19)22-11-3-2-4-12-22/h2-17,27H,18H2,1H3,(H,32,37)/t27-/m1/s1. The molecule has 0 bridgehead atoms. The Hall–Kier alpha value is -4.36. The van der Waals surface area contributed by atoms with E-state index in [1.165, 1.54) is 12.1 Å². The molecule has 2 aromatic heterocycles. The fourth-order valence-corrected chi connectivity index (χ4v) is 5.11. The second kappa shape index (κ2) is 9.26. The average molecular weight is 512 g/mol. The first-order valence-corrected chi connectivity index (χ1v) is 12.3. The summed E-state index contributed by atoms with van der Waals surface area (Å²) in [5, 5.41) is 8.24. The molecular formula is C29H23ClFN5O. The Kier molecular flexibility index (Phi) is 5.77. The number of carbonyl (C=O) groups is 1. The van der Waals surface area contributed by atoms with Crippen molar-refractivity contribution in [1.82, 2.24) is 19.2 Å². The zero-order valence-corrected chi connectivity index (χ0v) is 20.7. The molecule has 1 aliphatic rings. The minimum absolute atomic E-state index is 0.257. The predicted molar refractivity (Wildman–Crippen MR) is 142 cm³/mol. The molecule has 0 spiro atoms. The summed E-state index contributed by atoms with van der Waals surface area (Å²) in [5.41, 5.74) is 4.59. The van der Waals surface area contributed by atoms with Gasteiger partial charge in [0, 0.05) is 11.8 Å². The molecule has 5 aromatic rings. The third-order valence-corrected chi connectivity index (χ3v) is 6.96. The zero-order valence-electron chi connectivity index (χ0n) is 20.0. The highest BCUT2D eigenvalue weighted by molar-refractivity contribution is 6.33. The van der Waals surface area contributed by atoms with Crippen LogP contribution in [0.25, 0.3) is 11.5 Å². The monoisotopic (exact) mass is 511 g/mol. The summed E-state index contributed by atoms with van der Waals surface area (Å²) in [6, 6.07) is 26.3. The van der Waals surface area contributed by atoms with Gasteiger partial charge in [-0.25, -0.2) is 13.9 Å². The molecule has 0 unspecified atom stereocenters. The smallest absolute Gasteiger partial charge is 0.307 e. The minimum atomic E-state index is -0.566. The second-order valence-electron chi connectivity index (χ2n) is 8.93. The van der Waals surface area contributed by atoms with Gasteiger partial charge >= 0.3 is 6.03 Å². The highest BCUT2D eigenvalue weighted by atomic mass is 35.5. The van der Waals surface area contributed by atoms with Crippen LogP contribution in [0.5, 0.6) is 0 Å². The van der Waals surface area contributed by atoms with Crippen LogP contribution in [0.4, 0.5) is 14.9 Å². The quantitative estimate of drug-likeness (QED) is 0.286. The number of fused-ring (bicyclic) bond motifs is 3. The number of aromatic nitrogens is 3. The van der Waals surface area contributed by atoms with Crippen molar-refractivity contribution in [2.24, 2.45) is 0 Å². The Morgan fingerprint density at radius 2 is 1.78 bits per heavy atom. The highest BCUT2D eigenvalue weighted by Gasteiger charge is 2.36. The van der Waals surface area contributed by atoms with Crippen LogP contribution in [-0.4, -0.2) is 25.3 Å². The maximum Gasteiger partial charge on any atom is 0.323 e. The van der Waals surface area contributed by atoms with Gasteiger partial charge in [0.05, 0.1) is 40.4 Å². The summed E-state index contributed by atoms with van der Waals surface area (Å²) >= 11 is 6.35. The van der Waals surface area contributed by atoms with Gasteiger partial charge < -0.3 is 14.8 Å². The molecule has 8 heteroatoms. The third-order valence-electron chi connectivity index (χ3n) is 6.63. The number of urea groups is 1. The number of halogens is 2.